The van der Waals surface area contributed by atoms with Gasteiger partial charge in [-0.2, -0.15) is 0 Å². The van der Waals surface area contributed by atoms with E-state index in [1.165, 1.54) is 0 Å². The number of pyridine rings is 1. The lowest BCUT2D eigenvalue weighted by molar-refractivity contribution is 0.242. The molecule has 1 rings (SSSR count). The summed E-state index contributed by atoms with van der Waals surface area (Å²) in [5, 5.41) is 3.24. The summed E-state index contributed by atoms with van der Waals surface area (Å²) in [6, 6.07) is 3.95. The second-order valence-corrected chi connectivity index (χ2v) is 3.97. The first-order valence-corrected chi connectivity index (χ1v) is 5.45. The summed E-state index contributed by atoms with van der Waals surface area (Å²) in [5.74, 6) is 4.13. The molecule has 0 saturated carbocycles. The Kier molecular flexibility index (Phi) is 4.65. The van der Waals surface area contributed by atoms with Gasteiger partial charge in [-0.05, 0) is 32.9 Å². The fourth-order valence-electron chi connectivity index (χ4n) is 1.31. The zero-order chi connectivity index (χ0) is 12.0. The van der Waals surface area contributed by atoms with Crippen LogP contribution in [0.1, 0.15) is 27.2 Å². The van der Waals surface area contributed by atoms with Gasteiger partial charge >= 0.3 is 0 Å². The van der Waals surface area contributed by atoms with Crippen LogP contribution in [-0.2, 0) is 0 Å². The molecule has 3 heteroatoms. The maximum Gasteiger partial charge on any atom is 0.169 e. The van der Waals surface area contributed by atoms with Crippen LogP contribution in [-0.4, -0.2) is 17.1 Å². The van der Waals surface area contributed by atoms with Gasteiger partial charge in [-0.25, -0.2) is 4.98 Å². The highest BCUT2D eigenvalue weighted by Gasteiger charge is 2.08. The largest absolute Gasteiger partial charge is 0.487 e. The highest BCUT2D eigenvalue weighted by molar-refractivity contribution is 5.50. The Balaban J connectivity index is 2.75. The maximum absolute atomic E-state index is 5.65. The van der Waals surface area contributed by atoms with Gasteiger partial charge in [-0.1, -0.05) is 0 Å². The van der Waals surface area contributed by atoms with Crippen molar-refractivity contribution in [1.29, 1.82) is 0 Å². The van der Waals surface area contributed by atoms with E-state index in [0.29, 0.717) is 6.42 Å². The predicted molar refractivity (Wildman–Crippen MR) is 66.5 cm³/mol. The van der Waals surface area contributed by atoms with Gasteiger partial charge in [0.25, 0.3) is 0 Å². The monoisotopic (exact) mass is 218 g/mol. The molecular weight excluding hydrogens is 200 g/mol. The van der Waals surface area contributed by atoms with Crippen molar-refractivity contribution in [3.8, 4) is 18.1 Å². The summed E-state index contributed by atoms with van der Waals surface area (Å²) in [7, 11) is 0. The molecule has 16 heavy (non-hydrogen) atoms. The molecule has 0 bridgehead atoms. The van der Waals surface area contributed by atoms with Crippen LogP contribution in [0.25, 0.3) is 0 Å². The summed E-state index contributed by atoms with van der Waals surface area (Å²) in [5.41, 5.74) is 0. The smallest absolute Gasteiger partial charge is 0.169 e. The number of ether oxygens (including phenoxy) is 1. The van der Waals surface area contributed by atoms with E-state index in [-0.39, 0.29) is 12.1 Å². The maximum atomic E-state index is 5.65. The average Bonchev–Trinajstić information content (AvgIpc) is 2.20. The van der Waals surface area contributed by atoms with Gasteiger partial charge in [0.2, 0.25) is 0 Å². The SMILES string of the molecule is C#CCC(C)Nc1ncccc1OC(C)C. The fourth-order valence-corrected chi connectivity index (χ4v) is 1.31. The van der Waals surface area contributed by atoms with Crippen molar-refractivity contribution >= 4 is 5.82 Å². The highest BCUT2D eigenvalue weighted by atomic mass is 16.5. The second-order valence-electron chi connectivity index (χ2n) is 3.97. The minimum absolute atomic E-state index is 0.132. The van der Waals surface area contributed by atoms with E-state index >= 15 is 0 Å². The molecule has 3 nitrogen and oxygen atoms in total. The van der Waals surface area contributed by atoms with Crippen LogP contribution in [0, 0.1) is 12.3 Å². The van der Waals surface area contributed by atoms with Crippen molar-refractivity contribution in [2.45, 2.75) is 39.3 Å². The normalized spacial score (nSPS) is 11.9. The van der Waals surface area contributed by atoms with E-state index in [2.05, 4.69) is 16.2 Å². The van der Waals surface area contributed by atoms with E-state index in [1.54, 1.807) is 6.20 Å². The number of nitrogens with one attached hydrogen (secondary N) is 1. The first kappa shape index (κ1) is 12.4. The van der Waals surface area contributed by atoms with Crippen LogP contribution in [0.2, 0.25) is 0 Å². The molecule has 0 aliphatic carbocycles. The molecule has 1 aromatic rings. The van der Waals surface area contributed by atoms with Crippen LogP contribution in [0.5, 0.6) is 5.75 Å². The Bertz CT molecular complexity index is 368. The van der Waals surface area contributed by atoms with Gasteiger partial charge in [0.1, 0.15) is 0 Å². The number of rotatable bonds is 5. The molecule has 0 radical (unpaired) electrons. The molecule has 0 amide bonds. The number of hydrogen-bond acceptors (Lipinski definition) is 3. The zero-order valence-electron chi connectivity index (χ0n) is 10.0. The molecule has 86 valence electrons. The van der Waals surface area contributed by atoms with Crippen molar-refractivity contribution in [3.05, 3.63) is 18.3 Å². The van der Waals surface area contributed by atoms with Gasteiger partial charge in [0.15, 0.2) is 11.6 Å². The Morgan fingerprint density at radius 2 is 2.25 bits per heavy atom. The lowest BCUT2D eigenvalue weighted by Gasteiger charge is -2.17. The van der Waals surface area contributed by atoms with E-state index < -0.39 is 0 Å². The van der Waals surface area contributed by atoms with Crippen LogP contribution >= 0.6 is 0 Å². The lowest BCUT2D eigenvalue weighted by atomic mass is 10.2. The lowest BCUT2D eigenvalue weighted by Crippen LogP contribution is -2.17. The number of anilines is 1. The molecule has 0 fully saturated rings. The average molecular weight is 218 g/mol. The molecule has 0 aliphatic rings. The molecular formula is C13H18N2O. The molecule has 0 saturated heterocycles. The van der Waals surface area contributed by atoms with Gasteiger partial charge in [0.05, 0.1) is 6.10 Å². The summed E-state index contributed by atoms with van der Waals surface area (Å²) >= 11 is 0. The molecule has 0 aromatic carbocycles. The molecule has 1 heterocycles. The molecule has 1 N–H and O–H groups in total. The summed E-state index contributed by atoms with van der Waals surface area (Å²) in [4.78, 5) is 4.25. The highest BCUT2D eigenvalue weighted by Crippen LogP contribution is 2.23. The van der Waals surface area contributed by atoms with Crippen molar-refractivity contribution in [2.24, 2.45) is 0 Å². The van der Waals surface area contributed by atoms with E-state index in [4.69, 9.17) is 11.2 Å². The Labute approximate surface area is 97.2 Å². The van der Waals surface area contributed by atoms with Gasteiger partial charge in [-0.3, -0.25) is 0 Å². The number of aromatic nitrogens is 1. The summed E-state index contributed by atoms with van der Waals surface area (Å²) in [6.07, 6.45) is 7.79. The second kappa shape index (κ2) is 6.02. The topological polar surface area (TPSA) is 34.2 Å². The van der Waals surface area contributed by atoms with Gasteiger partial charge in [0, 0.05) is 18.7 Å². The van der Waals surface area contributed by atoms with E-state index in [0.717, 1.165) is 11.6 Å². The minimum atomic E-state index is 0.132. The zero-order valence-corrected chi connectivity index (χ0v) is 10.0. The van der Waals surface area contributed by atoms with Crippen LogP contribution in [0.3, 0.4) is 0 Å². The standard InChI is InChI=1S/C13H18N2O/c1-5-7-11(4)15-13-12(16-10(2)3)8-6-9-14-13/h1,6,8-11H,7H2,2-4H3,(H,14,15). The van der Waals surface area contributed by atoms with Crippen molar-refractivity contribution < 1.29 is 4.74 Å². The third-order valence-corrected chi connectivity index (χ3v) is 1.94. The summed E-state index contributed by atoms with van der Waals surface area (Å²) < 4.78 is 5.65. The Morgan fingerprint density at radius 3 is 2.88 bits per heavy atom. The van der Waals surface area contributed by atoms with Gasteiger partial charge < -0.3 is 10.1 Å². The quantitative estimate of drug-likeness (QED) is 0.771. The van der Waals surface area contributed by atoms with Crippen LogP contribution < -0.4 is 10.1 Å². The Morgan fingerprint density at radius 1 is 1.50 bits per heavy atom. The third-order valence-electron chi connectivity index (χ3n) is 1.94. The van der Waals surface area contributed by atoms with Crippen molar-refractivity contribution in [1.82, 2.24) is 4.98 Å². The first-order valence-electron chi connectivity index (χ1n) is 5.45. The molecule has 0 aliphatic heterocycles. The van der Waals surface area contributed by atoms with Crippen LogP contribution in [0.4, 0.5) is 5.82 Å². The van der Waals surface area contributed by atoms with E-state index in [1.807, 2.05) is 32.9 Å². The third kappa shape index (κ3) is 3.82. The predicted octanol–water partition coefficient (Wildman–Crippen LogP) is 2.69. The molecule has 1 atom stereocenters. The molecule has 1 unspecified atom stereocenters. The van der Waals surface area contributed by atoms with Gasteiger partial charge in [-0.15, -0.1) is 12.3 Å². The van der Waals surface area contributed by atoms with Crippen molar-refractivity contribution in [2.75, 3.05) is 5.32 Å². The number of hydrogen-bond donors (Lipinski definition) is 1. The van der Waals surface area contributed by atoms with Crippen molar-refractivity contribution in [3.63, 3.8) is 0 Å². The van der Waals surface area contributed by atoms with Crippen LogP contribution in [0.15, 0.2) is 18.3 Å². The molecule has 1 aromatic heterocycles. The first-order chi connectivity index (χ1) is 7.63. The van der Waals surface area contributed by atoms with E-state index in [9.17, 15) is 0 Å². The molecule has 0 spiro atoms. The number of nitrogens with zero attached hydrogens (tertiary/aromatic N) is 1. The number of terminal acetylenes is 1. The minimum Gasteiger partial charge on any atom is -0.487 e. The fraction of sp³-hybridized carbons (Fsp3) is 0.462. The Hall–Kier alpha value is -1.69. The summed E-state index contributed by atoms with van der Waals surface area (Å²) in [6.45, 7) is 6.00.